The molecule has 0 spiro atoms. The molecule has 3 nitrogen and oxygen atoms in total. The smallest absolute Gasteiger partial charge is 0.328 e. The minimum absolute atomic E-state index is 0.658. The van der Waals surface area contributed by atoms with Gasteiger partial charge in [-0.2, -0.15) is 0 Å². The summed E-state index contributed by atoms with van der Waals surface area (Å²) in [5.74, 6) is -0.222. The molecule has 0 radical (unpaired) electrons. The fourth-order valence-corrected chi connectivity index (χ4v) is 1.78. The van der Waals surface area contributed by atoms with E-state index in [0.717, 1.165) is 33.8 Å². The standard InChI is InChI=1S/C13H15IO3/c1-2-3-8-17-12-6-5-11(14)9-10(12)4-7-13(15)16/h4-7,9H,2-3,8H2,1H3,(H,15,16). The van der Waals surface area contributed by atoms with E-state index >= 15 is 0 Å². The van der Waals surface area contributed by atoms with Crippen molar-refractivity contribution in [2.24, 2.45) is 0 Å². The monoisotopic (exact) mass is 346 g/mol. The van der Waals surface area contributed by atoms with Gasteiger partial charge >= 0.3 is 5.97 Å². The summed E-state index contributed by atoms with van der Waals surface area (Å²) >= 11 is 2.19. The number of carboxylic acid groups (broad SMARTS) is 1. The average molecular weight is 346 g/mol. The number of carboxylic acids is 1. The zero-order valence-electron chi connectivity index (χ0n) is 9.65. The Morgan fingerprint density at radius 1 is 1.53 bits per heavy atom. The Kier molecular flexibility index (Phi) is 6.04. The van der Waals surface area contributed by atoms with Gasteiger partial charge in [-0.3, -0.25) is 0 Å². The maximum atomic E-state index is 10.5. The zero-order valence-corrected chi connectivity index (χ0v) is 11.8. The molecule has 0 unspecified atom stereocenters. The molecule has 1 rings (SSSR count). The van der Waals surface area contributed by atoms with Crippen LogP contribution in [0.15, 0.2) is 24.3 Å². The van der Waals surface area contributed by atoms with Crippen molar-refractivity contribution in [3.05, 3.63) is 33.4 Å². The molecular formula is C13H15IO3. The van der Waals surface area contributed by atoms with Crippen molar-refractivity contribution < 1.29 is 14.6 Å². The fraction of sp³-hybridized carbons (Fsp3) is 0.308. The molecule has 4 heteroatoms. The number of aliphatic carboxylic acids is 1. The maximum Gasteiger partial charge on any atom is 0.328 e. The van der Waals surface area contributed by atoms with Crippen molar-refractivity contribution in [3.8, 4) is 5.75 Å². The second kappa shape index (κ2) is 7.32. The molecule has 0 aliphatic rings. The van der Waals surface area contributed by atoms with Crippen LogP contribution in [-0.4, -0.2) is 17.7 Å². The lowest BCUT2D eigenvalue weighted by molar-refractivity contribution is -0.131. The van der Waals surface area contributed by atoms with E-state index in [1.807, 2.05) is 18.2 Å². The number of rotatable bonds is 6. The molecule has 1 aromatic rings. The van der Waals surface area contributed by atoms with Crippen LogP contribution in [0, 0.1) is 3.57 Å². The molecule has 0 saturated carbocycles. The van der Waals surface area contributed by atoms with Crippen LogP contribution in [-0.2, 0) is 4.79 Å². The first kappa shape index (κ1) is 14.0. The largest absolute Gasteiger partial charge is 0.493 e. The van der Waals surface area contributed by atoms with Crippen LogP contribution in [0.4, 0.5) is 0 Å². The van der Waals surface area contributed by atoms with Crippen molar-refractivity contribution >= 4 is 34.6 Å². The van der Waals surface area contributed by atoms with E-state index < -0.39 is 5.97 Å². The van der Waals surface area contributed by atoms with Crippen LogP contribution in [0.2, 0.25) is 0 Å². The first-order valence-electron chi connectivity index (χ1n) is 5.47. The number of ether oxygens (including phenoxy) is 1. The number of hydrogen-bond acceptors (Lipinski definition) is 2. The average Bonchev–Trinajstić information content (AvgIpc) is 2.29. The van der Waals surface area contributed by atoms with Gasteiger partial charge in [-0.15, -0.1) is 0 Å². The lowest BCUT2D eigenvalue weighted by atomic mass is 10.2. The predicted molar refractivity (Wildman–Crippen MR) is 76.2 cm³/mol. The minimum Gasteiger partial charge on any atom is -0.493 e. The second-order valence-corrected chi connectivity index (χ2v) is 4.80. The van der Waals surface area contributed by atoms with Crippen molar-refractivity contribution in [1.29, 1.82) is 0 Å². The summed E-state index contributed by atoms with van der Waals surface area (Å²) in [4.78, 5) is 10.5. The van der Waals surface area contributed by atoms with Crippen molar-refractivity contribution in [1.82, 2.24) is 0 Å². The summed E-state index contributed by atoms with van der Waals surface area (Å²) < 4.78 is 6.67. The topological polar surface area (TPSA) is 46.5 Å². The van der Waals surface area contributed by atoms with E-state index in [9.17, 15) is 4.79 Å². The van der Waals surface area contributed by atoms with Gasteiger partial charge in [0.25, 0.3) is 0 Å². The van der Waals surface area contributed by atoms with Gasteiger partial charge in [-0.25, -0.2) is 4.79 Å². The number of unbranched alkanes of at least 4 members (excludes halogenated alkanes) is 1. The first-order chi connectivity index (χ1) is 8.13. The Labute approximate surface area is 115 Å². The molecule has 0 heterocycles. The van der Waals surface area contributed by atoms with Gasteiger partial charge in [0.2, 0.25) is 0 Å². The Bertz CT molecular complexity index is 413. The lowest BCUT2D eigenvalue weighted by Crippen LogP contribution is -1.98. The number of halogens is 1. The fourth-order valence-electron chi connectivity index (χ4n) is 1.27. The maximum absolute atomic E-state index is 10.5. The summed E-state index contributed by atoms with van der Waals surface area (Å²) in [6.45, 7) is 2.76. The molecule has 0 aliphatic carbocycles. The van der Waals surface area contributed by atoms with Crippen LogP contribution in [0.25, 0.3) is 6.08 Å². The van der Waals surface area contributed by atoms with E-state index in [2.05, 4.69) is 29.5 Å². The molecule has 0 aromatic heterocycles. The Balaban J connectivity index is 2.83. The van der Waals surface area contributed by atoms with E-state index in [4.69, 9.17) is 9.84 Å². The third-order valence-electron chi connectivity index (χ3n) is 2.13. The van der Waals surface area contributed by atoms with Crippen LogP contribution >= 0.6 is 22.6 Å². The molecule has 1 N–H and O–H groups in total. The highest BCUT2D eigenvalue weighted by Gasteiger charge is 2.02. The normalized spacial score (nSPS) is 10.7. The number of carbonyl (C=O) groups is 1. The van der Waals surface area contributed by atoms with Crippen molar-refractivity contribution in [3.63, 3.8) is 0 Å². The zero-order chi connectivity index (χ0) is 12.7. The summed E-state index contributed by atoms with van der Waals surface area (Å²) in [6, 6.07) is 5.72. The third kappa shape index (κ3) is 5.21. The van der Waals surface area contributed by atoms with E-state index in [1.165, 1.54) is 0 Å². The second-order valence-electron chi connectivity index (χ2n) is 3.56. The highest BCUT2D eigenvalue weighted by Crippen LogP contribution is 2.23. The van der Waals surface area contributed by atoms with E-state index in [1.54, 1.807) is 6.08 Å². The molecule has 0 aliphatic heterocycles. The molecule has 0 fully saturated rings. The predicted octanol–water partition coefficient (Wildman–Crippen LogP) is 3.57. The summed E-state index contributed by atoms with van der Waals surface area (Å²) in [6.07, 6.45) is 4.75. The van der Waals surface area contributed by atoms with Gasteiger partial charge in [0, 0.05) is 15.2 Å². The van der Waals surface area contributed by atoms with E-state index in [0.29, 0.717) is 6.61 Å². The van der Waals surface area contributed by atoms with E-state index in [-0.39, 0.29) is 0 Å². The van der Waals surface area contributed by atoms with Crippen LogP contribution in [0.3, 0.4) is 0 Å². The molecule has 1 aromatic carbocycles. The Hall–Kier alpha value is -1.04. The molecule has 0 saturated heterocycles. The van der Waals surface area contributed by atoms with Gasteiger partial charge in [-0.05, 0) is 53.3 Å². The summed E-state index contributed by atoms with van der Waals surface area (Å²) in [5, 5.41) is 8.62. The lowest BCUT2D eigenvalue weighted by Gasteiger charge is -2.09. The quantitative estimate of drug-likeness (QED) is 0.487. The SMILES string of the molecule is CCCCOc1ccc(I)cc1C=CC(=O)O. The van der Waals surface area contributed by atoms with Crippen LogP contribution in [0.1, 0.15) is 25.3 Å². The van der Waals surface area contributed by atoms with Crippen LogP contribution < -0.4 is 4.74 Å². The van der Waals surface area contributed by atoms with Crippen molar-refractivity contribution in [2.75, 3.05) is 6.61 Å². The summed E-state index contributed by atoms with van der Waals surface area (Å²) in [7, 11) is 0. The van der Waals surface area contributed by atoms with Gasteiger partial charge in [0.15, 0.2) is 0 Å². The molecular weight excluding hydrogens is 331 g/mol. The molecule has 17 heavy (non-hydrogen) atoms. The number of benzene rings is 1. The van der Waals surface area contributed by atoms with Gasteiger partial charge in [0.05, 0.1) is 6.61 Å². The molecule has 0 bridgehead atoms. The highest BCUT2D eigenvalue weighted by molar-refractivity contribution is 14.1. The molecule has 92 valence electrons. The van der Waals surface area contributed by atoms with Gasteiger partial charge in [0.1, 0.15) is 5.75 Å². The number of hydrogen-bond donors (Lipinski definition) is 1. The molecule has 0 amide bonds. The van der Waals surface area contributed by atoms with Crippen LogP contribution in [0.5, 0.6) is 5.75 Å². The Morgan fingerprint density at radius 3 is 2.94 bits per heavy atom. The molecule has 0 atom stereocenters. The highest BCUT2D eigenvalue weighted by atomic mass is 127. The summed E-state index contributed by atoms with van der Waals surface area (Å²) in [5.41, 5.74) is 0.801. The first-order valence-corrected chi connectivity index (χ1v) is 6.54. The van der Waals surface area contributed by atoms with Crippen molar-refractivity contribution in [2.45, 2.75) is 19.8 Å². The Morgan fingerprint density at radius 2 is 2.29 bits per heavy atom. The third-order valence-corrected chi connectivity index (χ3v) is 2.80. The van der Waals surface area contributed by atoms with Gasteiger partial charge in [-0.1, -0.05) is 13.3 Å². The minimum atomic E-state index is -0.955. The van der Waals surface area contributed by atoms with Gasteiger partial charge < -0.3 is 9.84 Å².